The van der Waals surface area contributed by atoms with Crippen LogP contribution < -0.4 is 0 Å². The molecular weight excluding hydrogens is 424 g/mol. The molecule has 10 nitrogen and oxygen atoms in total. The van der Waals surface area contributed by atoms with Crippen molar-refractivity contribution in [1.82, 2.24) is 29.2 Å². The first-order valence-corrected chi connectivity index (χ1v) is 11.7. The lowest BCUT2D eigenvalue weighted by Crippen LogP contribution is -2.53. The van der Waals surface area contributed by atoms with E-state index in [-0.39, 0.29) is 43.0 Å². The van der Waals surface area contributed by atoms with Crippen molar-refractivity contribution in [2.24, 2.45) is 0 Å². The van der Waals surface area contributed by atoms with Crippen molar-refractivity contribution in [2.45, 2.75) is 52.0 Å². The van der Waals surface area contributed by atoms with E-state index in [0.29, 0.717) is 37.3 Å². The molecule has 5 rings (SSSR count). The van der Waals surface area contributed by atoms with Crippen molar-refractivity contribution in [1.29, 1.82) is 0 Å². The van der Waals surface area contributed by atoms with E-state index >= 15 is 0 Å². The fourth-order valence-electron chi connectivity index (χ4n) is 4.94. The van der Waals surface area contributed by atoms with Crippen LogP contribution in [-0.4, -0.2) is 85.6 Å². The smallest absolute Gasteiger partial charge is 0.256 e. The molecule has 10 heteroatoms. The Morgan fingerprint density at radius 3 is 2.30 bits per heavy atom. The molecule has 174 valence electrons. The van der Waals surface area contributed by atoms with E-state index in [1.165, 1.54) is 6.42 Å². The van der Waals surface area contributed by atoms with Gasteiger partial charge < -0.3 is 14.4 Å². The maximum absolute atomic E-state index is 13.4. The van der Waals surface area contributed by atoms with Crippen LogP contribution in [0.1, 0.15) is 54.0 Å². The van der Waals surface area contributed by atoms with E-state index < -0.39 is 0 Å². The Hall–Kier alpha value is -3.30. The average molecular weight is 453 g/mol. The summed E-state index contributed by atoms with van der Waals surface area (Å²) < 4.78 is 2.16. The third-order valence-electron chi connectivity index (χ3n) is 6.79. The number of hydrogen-bond donors (Lipinski definition) is 0. The van der Waals surface area contributed by atoms with Gasteiger partial charge in [-0.25, -0.2) is 9.97 Å². The Labute approximate surface area is 191 Å². The summed E-state index contributed by atoms with van der Waals surface area (Å²) in [5.41, 5.74) is 2.79. The molecule has 2 fully saturated rings. The maximum atomic E-state index is 13.4. The van der Waals surface area contributed by atoms with Gasteiger partial charge in [-0.3, -0.25) is 24.1 Å². The number of amides is 4. The minimum Gasteiger partial charge on any atom is -0.338 e. The largest absolute Gasteiger partial charge is 0.338 e. The van der Waals surface area contributed by atoms with Gasteiger partial charge in [0.2, 0.25) is 17.7 Å². The van der Waals surface area contributed by atoms with Crippen LogP contribution in [-0.2, 0) is 27.3 Å². The number of likely N-dealkylation sites (tertiary alicyclic amines) is 1. The van der Waals surface area contributed by atoms with Gasteiger partial charge in [-0.15, -0.1) is 0 Å². The van der Waals surface area contributed by atoms with E-state index in [1.54, 1.807) is 15.9 Å². The highest BCUT2D eigenvalue weighted by atomic mass is 16.2. The summed E-state index contributed by atoms with van der Waals surface area (Å²) in [4.78, 5) is 63.5. The number of carbonyl (C=O) groups excluding carboxylic acids is 4. The highest BCUT2D eigenvalue weighted by Crippen LogP contribution is 2.25. The number of imide groups is 1. The van der Waals surface area contributed by atoms with Crippen LogP contribution in [0.15, 0.2) is 6.07 Å². The molecule has 0 N–H and O–H groups in total. The molecule has 3 aliphatic heterocycles. The highest BCUT2D eigenvalue weighted by Gasteiger charge is 2.33. The minimum absolute atomic E-state index is 0.101. The molecule has 0 spiro atoms. The zero-order chi connectivity index (χ0) is 23.1. The molecule has 0 saturated carbocycles. The van der Waals surface area contributed by atoms with Gasteiger partial charge in [-0.05, 0) is 25.8 Å². The van der Waals surface area contributed by atoms with Gasteiger partial charge in [0.1, 0.15) is 17.9 Å². The lowest BCUT2D eigenvalue weighted by Gasteiger charge is -2.35. The average Bonchev–Trinajstić information content (AvgIpc) is 3.20. The molecular formula is C23H28N6O4. The number of hydrogen-bond acceptors (Lipinski definition) is 6. The summed E-state index contributed by atoms with van der Waals surface area (Å²) in [6.45, 7) is 4.08. The van der Waals surface area contributed by atoms with E-state index in [2.05, 4.69) is 4.57 Å². The van der Waals surface area contributed by atoms with Gasteiger partial charge in [0.05, 0.1) is 5.56 Å². The number of nitrogens with zero attached hydrogens (tertiary/aromatic N) is 6. The van der Waals surface area contributed by atoms with Crippen molar-refractivity contribution >= 4 is 34.8 Å². The number of pyridine rings is 1. The van der Waals surface area contributed by atoms with Gasteiger partial charge in [-0.1, -0.05) is 6.42 Å². The Morgan fingerprint density at radius 1 is 0.879 bits per heavy atom. The van der Waals surface area contributed by atoms with Gasteiger partial charge in [0.15, 0.2) is 5.65 Å². The van der Waals surface area contributed by atoms with Gasteiger partial charge in [0, 0.05) is 57.7 Å². The van der Waals surface area contributed by atoms with E-state index in [1.807, 2.05) is 6.92 Å². The highest BCUT2D eigenvalue weighted by molar-refractivity contribution is 6.05. The first-order valence-electron chi connectivity index (χ1n) is 11.7. The third kappa shape index (κ3) is 3.98. The molecule has 33 heavy (non-hydrogen) atoms. The van der Waals surface area contributed by atoms with Crippen LogP contribution in [0.2, 0.25) is 0 Å². The van der Waals surface area contributed by atoms with Crippen molar-refractivity contribution < 1.29 is 19.2 Å². The number of aryl methyl sites for hydroxylation is 3. The standard InChI is InChI=1S/C23H28N6O4/c1-15-13-16(21-22(24-15)28-8-4-2-3-5-17(28)25-21)23(33)27-11-9-26(10-12-27)20(32)14-29-18(30)6-7-19(29)31/h13H,2-12,14H2,1H3. The molecule has 5 heterocycles. The summed E-state index contributed by atoms with van der Waals surface area (Å²) >= 11 is 0. The maximum Gasteiger partial charge on any atom is 0.256 e. The topological polar surface area (TPSA) is 109 Å². The molecule has 0 aliphatic carbocycles. The predicted octanol–water partition coefficient (Wildman–Crippen LogP) is 0.900. The second kappa shape index (κ2) is 8.57. The van der Waals surface area contributed by atoms with Crippen LogP contribution in [0.5, 0.6) is 0 Å². The number of piperazine rings is 1. The second-order valence-electron chi connectivity index (χ2n) is 9.02. The minimum atomic E-state index is -0.294. The summed E-state index contributed by atoms with van der Waals surface area (Å²) in [5, 5.41) is 0. The van der Waals surface area contributed by atoms with Gasteiger partial charge >= 0.3 is 0 Å². The van der Waals surface area contributed by atoms with E-state index in [0.717, 1.165) is 47.9 Å². The quantitative estimate of drug-likeness (QED) is 0.640. The van der Waals surface area contributed by atoms with E-state index in [9.17, 15) is 19.2 Å². The number of imidazole rings is 1. The fraction of sp³-hybridized carbons (Fsp3) is 0.565. The molecule has 0 atom stereocenters. The molecule has 0 bridgehead atoms. The summed E-state index contributed by atoms with van der Waals surface area (Å²) in [7, 11) is 0. The fourth-order valence-corrected chi connectivity index (χ4v) is 4.94. The molecule has 2 aromatic heterocycles. The number of aromatic nitrogens is 3. The molecule has 4 amide bonds. The third-order valence-corrected chi connectivity index (χ3v) is 6.79. The van der Waals surface area contributed by atoms with Crippen molar-refractivity contribution in [3.63, 3.8) is 0 Å². The number of fused-ring (bicyclic) bond motifs is 3. The summed E-state index contributed by atoms with van der Waals surface area (Å²) in [6.07, 6.45) is 4.59. The normalized spacial score (nSPS) is 19.2. The zero-order valence-corrected chi connectivity index (χ0v) is 18.9. The molecule has 2 aromatic rings. The summed E-state index contributed by atoms with van der Waals surface area (Å²) in [6, 6.07) is 1.81. The van der Waals surface area contributed by atoms with Crippen molar-refractivity contribution in [3.05, 3.63) is 23.1 Å². The second-order valence-corrected chi connectivity index (χ2v) is 9.02. The SMILES string of the molecule is Cc1cc(C(=O)N2CCN(C(=O)CN3C(=O)CCC3=O)CC2)c2nc3n(c2n1)CCCCC3. The molecule has 0 aromatic carbocycles. The molecule has 3 aliphatic rings. The monoisotopic (exact) mass is 452 g/mol. The molecule has 2 saturated heterocycles. The Bertz CT molecular complexity index is 1130. The first-order chi connectivity index (χ1) is 15.9. The van der Waals surface area contributed by atoms with Crippen LogP contribution in [0, 0.1) is 6.92 Å². The van der Waals surface area contributed by atoms with Gasteiger partial charge in [0.25, 0.3) is 5.91 Å². The lowest BCUT2D eigenvalue weighted by atomic mass is 10.1. The molecule has 0 radical (unpaired) electrons. The van der Waals surface area contributed by atoms with Crippen molar-refractivity contribution in [2.75, 3.05) is 32.7 Å². The van der Waals surface area contributed by atoms with Crippen LogP contribution in [0.3, 0.4) is 0 Å². The van der Waals surface area contributed by atoms with Gasteiger partial charge in [-0.2, -0.15) is 0 Å². The zero-order valence-electron chi connectivity index (χ0n) is 18.9. The Morgan fingerprint density at radius 2 is 1.58 bits per heavy atom. The lowest BCUT2D eigenvalue weighted by molar-refractivity contribution is -0.146. The van der Waals surface area contributed by atoms with Crippen LogP contribution in [0.4, 0.5) is 0 Å². The predicted molar refractivity (Wildman–Crippen MR) is 118 cm³/mol. The Balaban J connectivity index is 1.30. The molecule has 0 unspecified atom stereocenters. The van der Waals surface area contributed by atoms with E-state index in [4.69, 9.17) is 9.97 Å². The van der Waals surface area contributed by atoms with Crippen LogP contribution >= 0.6 is 0 Å². The Kier molecular flexibility index (Phi) is 5.59. The first kappa shape index (κ1) is 21.5. The number of carbonyl (C=O) groups is 4. The summed E-state index contributed by atoms with van der Waals surface area (Å²) in [5.74, 6) is 0.0490. The van der Waals surface area contributed by atoms with Crippen LogP contribution in [0.25, 0.3) is 11.2 Å². The number of rotatable bonds is 3. The van der Waals surface area contributed by atoms with Crippen molar-refractivity contribution in [3.8, 4) is 0 Å².